The molecule has 0 aliphatic rings. The molecule has 0 saturated carbocycles. The second kappa shape index (κ2) is 10.5. The zero-order valence-corrected chi connectivity index (χ0v) is 19.7. The molecule has 0 radical (unpaired) electrons. The van der Waals surface area contributed by atoms with Gasteiger partial charge in [-0.25, -0.2) is 4.98 Å². The molecule has 0 saturated heterocycles. The van der Waals surface area contributed by atoms with Crippen LogP contribution in [0.5, 0.6) is 5.75 Å². The van der Waals surface area contributed by atoms with Gasteiger partial charge in [-0.2, -0.15) is 0 Å². The third-order valence-electron chi connectivity index (χ3n) is 4.34. The number of aliphatic imine (C=N–C) groups is 1. The second-order valence-corrected chi connectivity index (χ2v) is 7.10. The van der Waals surface area contributed by atoms with E-state index in [0.29, 0.717) is 6.54 Å². The normalized spacial score (nSPS) is 11.1. The van der Waals surface area contributed by atoms with E-state index in [-0.39, 0.29) is 24.0 Å². The molecule has 6 nitrogen and oxygen atoms in total. The van der Waals surface area contributed by atoms with Gasteiger partial charge >= 0.3 is 0 Å². The molecule has 0 unspecified atom stereocenters. The topological polar surface area (TPSA) is 54.7 Å². The number of benzene rings is 1. The van der Waals surface area contributed by atoms with E-state index in [4.69, 9.17) is 9.72 Å². The smallest absolute Gasteiger partial charge is 0.194 e. The van der Waals surface area contributed by atoms with Gasteiger partial charge < -0.3 is 19.5 Å². The van der Waals surface area contributed by atoms with Crippen LogP contribution in [-0.4, -0.2) is 41.6 Å². The van der Waals surface area contributed by atoms with Gasteiger partial charge in [0, 0.05) is 44.0 Å². The number of halogens is 1. The Balaban J connectivity index is 0.00000280. The van der Waals surface area contributed by atoms with E-state index < -0.39 is 0 Å². The minimum atomic E-state index is 0. The number of aryl methyl sites for hydroxylation is 1. The van der Waals surface area contributed by atoms with Crippen molar-refractivity contribution in [2.45, 2.75) is 13.1 Å². The molecule has 0 bridgehead atoms. The Bertz CT molecular complexity index is 903. The molecule has 1 aromatic carbocycles. The number of thiazole rings is 1. The van der Waals surface area contributed by atoms with Gasteiger partial charge in [-0.3, -0.25) is 4.99 Å². The van der Waals surface area contributed by atoms with Crippen LogP contribution in [0.3, 0.4) is 0 Å². The molecule has 2 aromatic heterocycles. The van der Waals surface area contributed by atoms with Crippen molar-refractivity contribution in [3.8, 4) is 16.3 Å². The van der Waals surface area contributed by atoms with E-state index in [1.165, 1.54) is 5.69 Å². The Labute approximate surface area is 187 Å². The number of nitrogens with zero attached hydrogens (tertiary/aromatic N) is 4. The second-order valence-electron chi connectivity index (χ2n) is 6.24. The SMILES string of the molecule is CN=C(NCc1csc(-c2ccc(OC)cc2)n1)N(C)Cc1cccn1C.I. The van der Waals surface area contributed by atoms with Crippen LogP contribution >= 0.6 is 35.3 Å². The van der Waals surface area contributed by atoms with Crippen LogP contribution < -0.4 is 10.1 Å². The first-order valence-electron chi connectivity index (χ1n) is 8.71. The molecule has 3 rings (SSSR count). The molecular formula is C20H26IN5OS. The van der Waals surface area contributed by atoms with Crippen molar-refractivity contribution in [1.82, 2.24) is 19.8 Å². The van der Waals surface area contributed by atoms with Gasteiger partial charge in [-0.1, -0.05) is 0 Å². The number of hydrogen-bond acceptors (Lipinski definition) is 4. The van der Waals surface area contributed by atoms with Gasteiger partial charge in [0.05, 0.1) is 25.9 Å². The van der Waals surface area contributed by atoms with Crippen LogP contribution in [0.2, 0.25) is 0 Å². The highest BCUT2D eigenvalue weighted by Gasteiger charge is 2.10. The summed E-state index contributed by atoms with van der Waals surface area (Å²) in [6, 6.07) is 12.1. The van der Waals surface area contributed by atoms with E-state index in [9.17, 15) is 0 Å². The fraction of sp³-hybridized carbons (Fsp3) is 0.300. The molecule has 150 valence electrons. The molecule has 0 aliphatic heterocycles. The number of hydrogen-bond donors (Lipinski definition) is 1. The highest BCUT2D eigenvalue weighted by atomic mass is 127. The molecular weight excluding hydrogens is 485 g/mol. The van der Waals surface area contributed by atoms with E-state index in [1.54, 1.807) is 25.5 Å². The van der Waals surface area contributed by atoms with E-state index >= 15 is 0 Å². The summed E-state index contributed by atoms with van der Waals surface area (Å²) in [5.41, 5.74) is 3.33. The summed E-state index contributed by atoms with van der Waals surface area (Å²) < 4.78 is 7.32. The Morgan fingerprint density at radius 2 is 2.04 bits per heavy atom. The lowest BCUT2D eigenvalue weighted by atomic mass is 10.2. The minimum absolute atomic E-state index is 0. The first-order valence-corrected chi connectivity index (χ1v) is 9.59. The molecule has 0 aliphatic carbocycles. The number of rotatable bonds is 6. The lowest BCUT2D eigenvalue weighted by Gasteiger charge is -2.22. The molecule has 0 spiro atoms. The average molecular weight is 511 g/mol. The number of nitrogens with one attached hydrogen (secondary N) is 1. The van der Waals surface area contributed by atoms with Gasteiger partial charge in [-0.05, 0) is 36.4 Å². The highest BCUT2D eigenvalue weighted by Crippen LogP contribution is 2.25. The summed E-state index contributed by atoms with van der Waals surface area (Å²) in [5, 5.41) is 6.47. The largest absolute Gasteiger partial charge is 0.497 e. The monoisotopic (exact) mass is 511 g/mol. The Kier molecular flexibility index (Phi) is 8.31. The number of aromatic nitrogens is 2. The van der Waals surface area contributed by atoms with Crippen molar-refractivity contribution in [2.75, 3.05) is 21.2 Å². The van der Waals surface area contributed by atoms with Gasteiger partial charge in [-0.15, -0.1) is 35.3 Å². The van der Waals surface area contributed by atoms with Crippen LogP contribution in [0.15, 0.2) is 53.0 Å². The van der Waals surface area contributed by atoms with Gasteiger partial charge in [0.15, 0.2) is 5.96 Å². The molecule has 28 heavy (non-hydrogen) atoms. The van der Waals surface area contributed by atoms with Crippen LogP contribution in [0, 0.1) is 0 Å². The highest BCUT2D eigenvalue weighted by molar-refractivity contribution is 14.0. The quantitative estimate of drug-likeness (QED) is 0.309. The van der Waals surface area contributed by atoms with E-state index in [1.807, 2.05) is 31.3 Å². The van der Waals surface area contributed by atoms with Gasteiger partial charge in [0.1, 0.15) is 10.8 Å². The third-order valence-corrected chi connectivity index (χ3v) is 5.28. The van der Waals surface area contributed by atoms with Crippen molar-refractivity contribution in [3.05, 3.63) is 59.4 Å². The summed E-state index contributed by atoms with van der Waals surface area (Å²) in [5.74, 6) is 1.69. The van der Waals surface area contributed by atoms with E-state index in [0.717, 1.165) is 34.5 Å². The fourth-order valence-electron chi connectivity index (χ4n) is 2.79. The van der Waals surface area contributed by atoms with Gasteiger partial charge in [0.25, 0.3) is 0 Å². The predicted octanol–water partition coefficient (Wildman–Crippen LogP) is 3.98. The Morgan fingerprint density at radius 3 is 2.64 bits per heavy atom. The van der Waals surface area contributed by atoms with Crippen molar-refractivity contribution in [1.29, 1.82) is 0 Å². The third kappa shape index (κ3) is 5.48. The molecule has 3 aromatic rings. The summed E-state index contributed by atoms with van der Waals surface area (Å²) in [6.45, 7) is 1.42. The molecule has 0 fully saturated rings. The summed E-state index contributed by atoms with van der Waals surface area (Å²) in [6.07, 6.45) is 2.05. The first-order chi connectivity index (χ1) is 13.1. The summed E-state index contributed by atoms with van der Waals surface area (Å²) >= 11 is 1.64. The first kappa shape index (κ1) is 22.2. The fourth-order valence-corrected chi connectivity index (χ4v) is 3.61. The number of methoxy groups -OCH3 is 1. The Hall–Kier alpha value is -2.07. The van der Waals surface area contributed by atoms with Crippen molar-refractivity contribution in [2.24, 2.45) is 12.0 Å². The maximum Gasteiger partial charge on any atom is 0.194 e. The van der Waals surface area contributed by atoms with Crippen LogP contribution in [0.25, 0.3) is 10.6 Å². The number of guanidine groups is 1. The van der Waals surface area contributed by atoms with Crippen molar-refractivity contribution < 1.29 is 4.74 Å². The Morgan fingerprint density at radius 1 is 1.29 bits per heavy atom. The summed E-state index contributed by atoms with van der Waals surface area (Å²) in [7, 11) is 7.55. The zero-order chi connectivity index (χ0) is 19.2. The standard InChI is InChI=1S/C20H25N5OS.HI/c1-21-20(25(3)13-17-6-5-11-24(17)2)22-12-16-14-27-19(23-16)15-7-9-18(26-4)10-8-15;/h5-11,14H,12-13H2,1-4H3,(H,21,22);1H. The average Bonchev–Trinajstić information content (AvgIpc) is 3.32. The lowest BCUT2D eigenvalue weighted by Crippen LogP contribution is -2.38. The molecule has 0 amide bonds. The molecule has 0 atom stereocenters. The zero-order valence-electron chi connectivity index (χ0n) is 16.5. The summed E-state index contributed by atoms with van der Waals surface area (Å²) in [4.78, 5) is 11.2. The maximum absolute atomic E-state index is 5.21. The van der Waals surface area contributed by atoms with Crippen LogP contribution in [0.1, 0.15) is 11.4 Å². The van der Waals surface area contributed by atoms with Crippen LogP contribution in [0.4, 0.5) is 0 Å². The molecule has 2 heterocycles. The van der Waals surface area contributed by atoms with Crippen molar-refractivity contribution in [3.63, 3.8) is 0 Å². The molecule has 8 heteroatoms. The predicted molar refractivity (Wildman–Crippen MR) is 127 cm³/mol. The van der Waals surface area contributed by atoms with E-state index in [2.05, 4.69) is 50.5 Å². The maximum atomic E-state index is 5.21. The molecule has 1 N–H and O–H groups in total. The number of ether oxygens (including phenoxy) is 1. The van der Waals surface area contributed by atoms with Gasteiger partial charge in [0.2, 0.25) is 0 Å². The lowest BCUT2D eigenvalue weighted by molar-refractivity contribution is 0.415. The minimum Gasteiger partial charge on any atom is -0.497 e. The van der Waals surface area contributed by atoms with Crippen molar-refractivity contribution >= 4 is 41.3 Å². The van der Waals surface area contributed by atoms with Crippen LogP contribution in [-0.2, 0) is 20.1 Å².